The summed E-state index contributed by atoms with van der Waals surface area (Å²) in [5.74, 6) is -0.00121. The standard InChI is InChI=1S/C29H31BrFN5O4/c1-4-34(5-2)13-14-40-21-8-6-7-20(16-21)35-27-26(28(38)36(29(35)39)19-10-11-19)24(17-25(37)33(27)3)32-23-12-9-18(30)15-22(23)31/h6-9,12,15-17,19,32H,4-5,10-11,13-14H2,1-3H3. The topological polar surface area (TPSA) is 90.5 Å². The van der Waals surface area contributed by atoms with E-state index in [1.165, 1.54) is 38.9 Å². The first-order valence-electron chi connectivity index (χ1n) is 13.3. The largest absolute Gasteiger partial charge is 0.492 e. The Bertz CT molecular complexity index is 1750. The average Bonchev–Trinajstić information content (AvgIpc) is 3.76. The van der Waals surface area contributed by atoms with Crippen molar-refractivity contribution in [2.24, 2.45) is 7.05 Å². The summed E-state index contributed by atoms with van der Waals surface area (Å²) in [6.45, 7) is 7.23. The first-order chi connectivity index (χ1) is 19.2. The molecule has 0 unspecified atom stereocenters. The number of rotatable bonds is 10. The molecule has 210 valence electrons. The van der Waals surface area contributed by atoms with Crippen LogP contribution in [0.2, 0.25) is 0 Å². The van der Waals surface area contributed by atoms with Crippen LogP contribution < -0.4 is 26.9 Å². The Morgan fingerprint density at radius 1 is 1.05 bits per heavy atom. The zero-order valence-electron chi connectivity index (χ0n) is 22.6. The van der Waals surface area contributed by atoms with Crippen molar-refractivity contribution in [2.75, 3.05) is 31.6 Å². The lowest BCUT2D eigenvalue weighted by atomic mass is 10.2. The van der Waals surface area contributed by atoms with Crippen LogP contribution in [-0.4, -0.2) is 44.8 Å². The van der Waals surface area contributed by atoms with Crippen molar-refractivity contribution in [1.82, 2.24) is 18.6 Å². The van der Waals surface area contributed by atoms with E-state index in [0.29, 0.717) is 35.4 Å². The number of nitrogens with one attached hydrogen (secondary N) is 1. The van der Waals surface area contributed by atoms with Crippen LogP contribution in [0.4, 0.5) is 15.8 Å². The summed E-state index contributed by atoms with van der Waals surface area (Å²) in [6, 6.07) is 12.5. The highest BCUT2D eigenvalue weighted by Crippen LogP contribution is 2.34. The van der Waals surface area contributed by atoms with Crippen molar-refractivity contribution < 1.29 is 9.13 Å². The van der Waals surface area contributed by atoms with E-state index in [0.717, 1.165) is 19.6 Å². The maximum absolute atomic E-state index is 14.8. The van der Waals surface area contributed by atoms with E-state index in [1.54, 1.807) is 30.3 Å². The van der Waals surface area contributed by atoms with Crippen LogP contribution in [0.5, 0.6) is 5.75 Å². The predicted molar refractivity (Wildman–Crippen MR) is 158 cm³/mol. The number of anilines is 2. The van der Waals surface area contributed by atoms with Gasteiger partial charge in [0.15, 0.2) is 0 Å². The molecule has 0 bridgehead atoms. The summed E-state index contributed by atoms with van der Waals surface area (Å²) < 4.78 is 25.2. The number of pyridine rings is 1. The van der Waals surface area contributed by atoms with Gasteiger partial charge in [-0.25, -0.2) is 13.8 Å². The molecule has 0 spiro atoms. The molecule has 4 aromatic rings. The minimum absolute atomic E-state index is 0.0940. The van der Waals surface area contributed by atoms with Gasteiger partial charge in [-0.1, -0.05) is 35.8 Å². The maximum Gasteiger partial charge on any atom is 0.337 e. The second-order valence-electron chi connectivity index (χ2n) is 9.80. The number of benzene rings is 2. The molecule has 0 aliphatic heterocycles. The molecule has 0 saturated heterocycles. The minimum atomic E-state index is -0.561. The summed E-state index contributed by atoms with van der Waals surface area (Å²) in [5, 5.41) is 3.04. The van der Waals surface area contributed by atoms with E-state index < -0.39 is 22.6 Å². The van der Waals surface area contributed by atoms with Gasteiger partial charge in [-0.3, -0.25) is 18.7 Å². The number of hydrogen-bond acceptors (Lipinski definition) is 6. The number of hydrogen-bond donors (Lipinski definition) is 1. The molecule has 40 heavy (non-hydrogen) atoms. The van der Waals surface area contributed by atoms with Crippen LogP contribution in [0, 0.1) is 5.82 Å². The third-order valence-electron chi connectivity index (χ3n) is 7.21. The van der Waals surface area contributed by atoms with Crippen molar-refractivity contribution in [1.29, 1.82) is 0 Å². The van der Waals surface area contributed by atoms with Gasteiger partial charge in [-0.15, -0.1) is 0 Å². The summed E-state index contributed by atoms with van der Waals surface area (Å²) in [6.07, 6.45) is 1.40. The number of fused-ring (bicyclic) bond motifs is 1. The lowest BCUT2D eigenvalue weighted by Crippen LogP contribution is -2.41. The lowest BCUT2D eigenvalue weighted by molar-refractivity contribution is 0.223. The molecular weight excluding hydrogens is 581 g/mol. The van der Waals surface area contributed by atoms with Crippen molar-refractivity contribution in [3.05, 3.63) is 90.0 Å². The highest BCUT2D eigenvalue weighted by Gasteiger charge is 2.31. The Morgan fingerprint density at radius 2 is 1.80 bits per heavy atom. The maximum atomic E-state index is 14.8. The summed E-state index contributed by atoms with van der Waals surface area (Å²) in [4.78, 5) is 43.1. The zero-order chi connectivity index (χ0) is 28.6. The van der Waals surface area contributed by atoms with Gasteiger partial charge in [0.1, 0.15) is 29.2 Å². The Labute approximate surface area is 238 Å². The van der Waals surface area contributed by atoms with Gasteiger partial charge < -0.3 is 15.0 Å². The van der Waals surface area contributed by atoms with Crippen LogP contribution in [0.15, 0.2) is 67.4 Å². The molecule has 2 aromatic carbocycles. The number of aryl methyl sites for hydroxylation is 1. The van der Waals surface area contributed by atoms with Crippen molar-refractivity contribution >= 4 is 38.3 Å². The SMILES string of the molecule is CCN(CC)CCOc1cccc(-n2c(=O)n(C3CC3)c(=O)c3c(Nc4ccc(Br)cc4F)cc(=O)n(C)c32)c1. The highest BCUT2D eigenvalue weighted by atomic mass is 79.9. The van der Waals surface area contributed by atoms with Gasteiger partial charge in [0, 0.05) is 36.2 Å². The third kappa shape index (κ3) is 5.35. The Morgan fingerprint density at radius 3 is 2.48 bits per heavy atom. The van der Waals surface area contributed by atoms with Crippen molar-refractivity contribution in [3.8, 4) is 11.4 Å². The van der Waals surface area contributed by atoms with E-state index in [4.69, 9.17) is 4.74 Å². The lowest BCUT2D eigenvalue weighted by Gasteiger charge is -2.20. The summed E-state index contributed by atoms with van der Waals surface area (Å²) in [7, 11) is 1.51. The molecule has 1 aliphatic rings. The summed E-state index contributed by atoms with van der Waals surface area (Å²) in [5.41, 5.74) is -0.749. The Balaban J connectivity index is 1.70. The molecule has 1 saturated carbocycles. The fourth-order valence-corrected chi connectivity index (χ4v) is 5.16. The molecule has 2 heterocycles. The first kappa shape index (κ1) is 27.9. The molecule has 1 aliphatic carbocycles. The molecule has 0 amide bonds. The third-order valence-corrected chi connectivity index (χ3v) is 7.70. The van der Waals surface area contributed by atoms with E-state index in [1.807, 2.05) is 0 Å². The highest BCUT2D eigenvalue weighted by molar-refractivity contribution is 9.10. The minimum Gasteiger partial charge on any atom is -0.492 e. The van der Waals surface area contributed by atoms with E-state index in [2.05, 4.69) is 40.0 Å². The van der Waals surface area contributed by atoms with Gasteiger partial charge in [0.2, 0.25) is 0 Å². The average molecular weight is 613 g/mol. The molecule has 5 rings (SSSR count). The quantitative estimate of drug-likeness (QED) is 0.283. The number of nitrogens with zero attached hydrogens (tertiary/aromatic N) is 4. The van der Waals surface area contributed by atoms with Crippen molar-refractivity contribution in [3.63, 3.8) is 0 Å². The molecule has 1 fully saturated rings. The number of ether oxygens (including phenoxy) is 1. The van der Waals surface area contributed by atoms with E-state index in [9.17, 15) is 18.8 Å². The first-order valence-corrected chi connectivity index (χ1v) is 14.1. The molecule has 0 atom stereocenters. The molecule has 0 radical (unpaired) electrons. The van der Waals surface area contributed by atoms with Crippen LogP contribution in [0.25, 0.3) is 16.7 Å². The molecule has 11 heteroatoms. The molecule has 1 N–H and O–H groups in total. The van der Waals surface area contributed by atoms with Crippen LogP contribution in [0.1, 0.15) is 32.7 Å². The second kappa shape index (κ2) is 11.4. The van der Waals surface area contributed by atoms with E-state index in [-0.39, 0.29) is 28.5 Å². The van der Waals surface area contributed by atoms with Crippen molar-refractivity contribution in [2.45, 2.75) is 32.7 Å². The van der Waals surface area contributed by atoms with Crippen LogP contribution in [-0.2, 0) is 7.05 Å². The predicted octanol–water partition coefficient (Wildman–Crippen LogP) is 4.55. The monoisotopic (exact) mass is 611 g/mol. The number of halogens is 2. The van der Waals surface area contributed by atoms with E-state index >= 15 is 0 Å². The Hall–Kier alpha value is -3.70. The van der Waals surface area contributed by atoms with Gasteiger partial charge >= 0.3 is 5.69 Å². The zero-order valence-corrected chi connectivity index (χ0v) is 24.2. The normalized spacial score (nSPS) is 13.2. The number of aromatic nitrogens is 3. The Kier molecular flexibility index (Phi) is 7.95. The van der Waals surface area contributed by atoms with Gasteiger partial charge in [-0.05, 0) is 56.3 Å². The van der Waals surface area contributed by atoms with Gasteiger partial charge in [-0.2, -0.15) is 0 Å². The molecule has 2 aromatic heterocycles. The smallest absolute Gasteiger partial charge is 0.337 e. The van der Waals surface area contributed by atoms with Gasteiger partial charge in [0.25, 0.3) is 11.1 Å². The second-order valence-corrected chi connectivity index (χ2v) is 10.7. The van der Waals surface area contributed by atoms with Crippen LogP contribution >= 0.6 is 15.9 Å². The van der Waals surface area contributed by atoms with Gasteiger partial charge in [0.05, 0.1) is 17.1 Å². The number of likely N-dealkylation sites (N-methyl/N-ethyl adjacent to an activating group) is 1. The van der Waals surface area contributed by atoms with Crippen LogP contribution in [0.3, 0.4) is 0 Å². The fraction of sp³-hybridized carbons (Fsp3) is 0.345. The fourth-order valence-electron chi connectivity index (χ4n) is 4.83. The molecule has 9 nitrogen and oxygen atoms in total. The molecular formula is C29H31BrFN5O4. The summed E-state index contributed by atoms with van der Waals surface area (Å²) >= 11 is 3.24.